The number of aliphatic carboxylic acids is 1. The number of rotatable bonds is 8. The molecule has 0 aromatic carbocycles. The van der Waals surface area contributed by atoms with Crippen LogP contribution in [0.5, 0.6) is 0 Å². The summed E-state index contributed by atoms with van der Waals surface area (Å²) in [5.74, 6) is 0.284. The Bertz CT molecular complexity index is 1340. The molecule has 284 valence electrons. The molecule has 0 amide bonds. The molecule has 11 heteroatoms. The fraction of sp³-hybridized carbons (Fsp3) is 0.897. The third kappa shape index (κ3) is 5.37. The van der Waals surface area contributed by atoms with Gasteiger partial charge in [0, 0.05) is 5.41 Å². The zero-order chi connectivity index (χ0) is 36.8. The van der Waals surface area contributed by atoms with Crippen LogP contribution in [0.3, 0.4) is 0 Å². The third-order valence-corrected chi connectivity index (χ3v) is 16.3. The van der Waals surface area contributed by atoms with E-state index >= 15 is 4.39 Å². The summed E-state index contributed by atoms with van der Waals surface area (Å²) in [5, 5.41) is 41.5. The monoisotopic (exact) mass is 707 g/mol. The number of hydrogen-bond donors (Lipinski definition) is 4. The van der Waals surface area contributed by atoms with Gasteiger partial charge in [-0.05, 0) is 117 Å². The smallest absolute Gasteiger partial charge is 0.323 e. The molecule has 10 nitrogen and oxygen atoms in total. The van der Waals surface area contributed by atoms with Crippen molar-refractivity contribution in [2.75, 3.05) is 20.3 Å². The van der Waals surface area contributed by atoms with Crippen molar-refractivity contribution in [2.24, 2.45) is 56.7 Å². The number of carbonyl (C=O) groups is 2. The van der Waals surface area contributed by atoms with Gasteiger partial charge in [0.15, 0.2) is 12.4 Å². The Hall–Kier alpha value is -1.63. The number of hydrogen-bond acceptors (Lipinski definition) is 9. The number of ether oxygens (including phenoxy) is 2. The van der Waals surface area contributed by atoms with Gasteiger partial charge in [-0.25, -0.2) is 4.39 Å². The first-order valence-corrected chi connectivity index (χ1v) is 19.0. The fourth-order valence-electron chi connectivity index (χ4n) is 13.6. The van der Waals surface area contributed by atoms with E-state index in [0.29, 0.717) is 24.2 Å². The van der Waals surface area contributed by atoms with Crippen molar-refractivity contribution in [3.05, 3.63) is 12.2 Å². The summed E-state index contributed by atoms with van der Waals surface area (Å²) >= 11 is 0. The predicted molar refractivity (Wildman–Crippen MR) is 183 cm³/mol. The lowest BCUT2D eigenvalue weighted by Crippen LogP contribution is -2.67. The number of hydroxylamine groups is 2. The molecule has 1 aliphatic heterocycles. The number of allylic oxidation sites excluding steroid dienone is 1. The van der Waals surface area contributed by atoms with Gasteiger partial charge in [-0.15, -0.1) is 5.06 Å². The fourth-order valence-corrected chi connectivity index (χ4v) is 13.6. The second-order valence-corrected chi connectivity index (χ2v) is 18.4. The Morgan fingerprint density at radius 2 is 1.62 bits per heavy atom. The summed E-state index contributed by atoms with van der Waals surface area (Å²) in [6, 6.07) is 0. The molecule has 1 saturated heterocycles. The Labute approximate surface area is 297 Å². The number of carboxylic acid groups (broad SMARTS) is 1. The van der Waals surface area contributed by atoms with E-state index in [1.165, 1.54) is 7.11 Å². The quantitative estimate of drug-likeness (QED) is 0.149. The molecule has 5 saturated carbocycles. The van der Waals surface area contributed by atoms with Crippen LogP contribution in [0, 0.1) is 56.7 Å². The molecule has 6 rings (SSSR count). The molecule has 1 unspecified atom stereocenters. The van der Waals surface area contributed by atoms with Gasteiger partial charge in [0.05, 0.1) is 19.1 Å². The number of halogens is 1. The van der Waals surface area contributed by atoms with Crippen LogP contribution in [0.2, 0.25) is 0 Å². The first-order valence-electron chi connectivity index (χ1n) is 19.0. The maximum absolute atomic E-state index is 15.0. The highest BCUT2D eigenvalue weighted by Crippen LogP contribution is 2.77. The number of aliphatic hydroxyl groups excluding tert-OH is 3. The Morgan fingerprint density at radius 3 is 2.24 bits per heavy atom. The summed E-state index contributed by atoms with van der Waals surface area (Å²) in [6.45, 7) is 17.2. The number of alkyl halides is 1. The second-order valence-electron chi connectivity index (χ2n) is 18.4. The summed E-state index contributed by atoms with van der Waals surface area (Å²) in [6.07, 6.45) is 0.482. The second kappa shape index (κ2) is 13.0. The van der Waals surface area contributed by atoms with E-state index in [0.717, 1.165) is 68.4 Å². The van der Waals surface area contributed by atoms with Gasteiger partial charge in [-0.3, -0.25) is 14.4 Å². The zero-order valence-corrected chi connectivity index (χ0v) is 31.2. The number of nitrogens with zero attached hydrogens (tertiary/aromatic N) is 1. The molecule has 0 bridgehead atoms. The number of aliphatic hydroxyl groups is 3. The molecular formula is C39H62FNO9. The maximum Gasteiger partial charge on any atom is 0.323 e. The van der Waals surface area contributed by atoms with Gasteiger partial charge >= 0.3 is 11.9 Å². The lowest BCUT2D eigenvalue weighted by atomic mass is 9.32. The van der Waals surface area contributed by atoms with Crippen molar-refractivity contribution >= 4 is 11.9 Å². The largest absolute Gasteiger partial charge is 0.481 e. The molecule has 6 aliphatic rings. The van der Waals surface area contributed by atoms with Crippen molar-refractivity contribution in [1.82, 2.24) is 5.06 Å². The molecule has 6 fully saturated rings. The first kappa shape index (κ1) is 38.1. The van der Waals surface area contributed by atoms with Crippen molar-refractivity contribution in [3.63, 3.8) is 0 Å². The molecule has 15 atom stereocenters. The molecule has 0 aromatic rings. The van der Waals surface area contributed by atoms with Crippen molar-refractivity contribution in [1.29, 1.82) is 0 Å². The number of carbonyl (C=O) groups excluding carboxylic acids is 1. The SMILES string of the molecule is C=C(C)[C@@H]1CC[C@]2(C(=O)O)CC[C@]3(C)[C@H](CC[C@@H]4[C@@]5(C)CC[C@H](OC(=O)CN(OC)C6O[C@H](CO)[C@@H](O)[C@H](O)[C@H]6F)C(C)(C)[C@@H]5CC[C@]43C)[C@@H]12. The van der Waals surface area contributed by atoms with Gasteiger partial charge in [-0.2, -0.15) is 0 Å². The van der Waals surface area contributed by atoms with Gasteiger partial charge in [0.1, 0.15) is 31.0 Å². The number of fused-ring (bicyclic) bond motifs is 7. The minimum atomic E-state index is -2.08. The van der Waals surface area contributed by atoms with Gasteiger partial charge < -0.3 is 29.9 Å². The molecule has 0 radical (unpaired) electrons. The highest BCUT2D eigenvalue weighted by molar-refractivity contribution is 5.76. The molecular weight excluding hydrogens is 645 g/mol. The molecule has 0 spiro atoms. The van der Waals surface area contributed by atoms with Crippen LogP contribution in [0.15, 0.2) is 12.2 Å². The molecule has 4 N–H and O–H groups in total. The van der Waals surface area contributed by atoms with E-state index < -0.39 is 61.2 Å². The van der Waals surface area contributed by atoms with Crippen LogP contribution in [0.25, 0.3) is 0 Å². The number of esters is 1. The summed E-state index contributed by atoms with van der Waals surface area (Å²) < 4.78 is 26.7. The average Bonchev–Trinajstić information content (AvgIpc) is 3.46. The highest BCUT2D eigenvalue weighted by atomic mass is 19.1. The molecule has 0 aromatic heterocycles. The zero-order valence-electron chi connectivity index (χ0n) is 31.2. The topological polar surface area (TPSA) is 146 Å². The highest BCUT2D eigenvalue weighted by Gasteiger charge is 2.72. The van der Waals surface area contributed by atoms with Crippen molar-refractivity contribution < 1.29 is 48.7 Å². The van der Waals surface area contributed by atoms with E-state index in [-0.39, 0.29) is 39.6 Å². The lowest BCUT2D eigenvalue weighted by Gasteiger charge is -2.72. The molecule has 5 aliphatic carbocycles. The average molecular weight is 708 g/mol. The van der Waals surface area contributed by atoms with Gasteiger partial charge in [0.2, 0.25) is 0 Å². The first-order chi connectivity index (χ1) is 23.3. The van der Waals surface area contributed by atoms with E-state index in [1.54, 1.807) is 0 Å². The van der Waals surface area contributed by atoms with E-state index in [4.69, 9.17) is 14.3 Å². The van der Waals surface area contributed by atoms with Crippen LogP contribution in [0.1, 0.15) is 106 Å². The van der Waals surface area contributed by atoms with Crippen molar-refractivity contribution in [2.45, 2.75) is 143 Å². The van der Waals surface area contributed by atoms with Gasteiger partial charge in [0.25, 0.3) is 0 Å². The summed E-state index contributed by atoms with van der Waals surface area (Å²) in [5.41, 5.74) is 0.250. The van der Waals surface area contributed by atoms with Crippen LogP contribution < -0.4 is 0 Å². The normalized spacial score (nSPS) is 49.6. The third-order valence-electron chi connectivity index (χ3n) is 16.3. The standard InChI is InChI=1S/C39H62FNO9/c1-21(2)22-11-16-39(34(46)47)18-17-37(6)23(29(22)39)9-10-26-36(5)14-13-27(35(3,4)25(36)12-15-38(26,37)7)50-28(43)19-41(48-8)33-30(40)32(45)31(44)24(20-42)49-33/h22-27,29-33,42,44-45H,1,9-20H2,2-8H3,(H,46,47)/t22-,23+,24+,25-,26+,27-,29+,30+,31+,32+,33?,36-,37+,38+,39-/m0/s1. The Kier molecular flexibility index (Phi) is 9.94. The van der Waals surface area contributed by atoms with E-state index in [9.17, 15) is 30.0 Å². The van der Waals surface area contributed by atoms with Crippen LogP contribution >= 0.6 is 0 Å². The minimum Gasteiger partial charge on any atom is -0.481 e. The van der Waals surface area contributed by atoms with Crippen LogP contribution in [0.4, 0.5) is 4.39 Å². The van der Waals surface area contributed by atoms with Gasteiger partial charge in [-0.1, -0.05) is 46.8 Å². The maximum atomic E-state index is 15.0. The minimum absolute atomic E-state index is 0.0182. The van der Waals surface area contributed by atoms with Crippen LogP contribution in [-0.2, 0) is 23.9 Å². The number of carboxylic acids is 1. The van der Waals surface area contributed by atoms with E-state index in [1.807, 2.05) is 0 Å². The summed E-state index contributed by atoms with van der Waals surface area (Å²) in [4.78, 5) is 31.7. The van der Waals surface area contributed by atoms with Crippen LogP contribution in [-0.4, -0.2) is 94.5 Å². The predicted octanol–water partition coefficient (Wildman–Crippen LogP) is 5.28. The lowest BCUT2D eigenvalue weighted by molar-refractivity contribution is -0.316. The Morgan fingerprint density at radius 1 is 0.920 bits per heavy atom. The Balaban J connectivity index is 1.19. The van der Waals surface area contributed by atoms with E-state index in [2.05, 4.69) is 48.1 Å². The molecule has 50 heavy (non-hydrogen) atoms. The summed E-state index contributed by atoms with van der Waals surface area (Å²) in [7, 11) is 1.26. The van der Waals surface area contributed by atoms with Crippen molar-refractivity contribution in [3.8, 4) is 0 Å². The molecule has 1 heterocycles.